The zero-order valence-electron chi connectivity index (χ0n) is 9.73. The summed E-state index contributed by atoms with van der Waals surface area (Å²) in [5.74, 6) is 1.41. The van der Waals surface area contributed by atoms with E-state index in [9.17, 15) is 0 Å². The predicted octanol–water partition coefficient (Wildman–Crippen LogP) is 2.96. The third kappa shape index (κ3) is 3.92. The third-order valence-electron chi connectivity index (χ3n) is 2.40. The molecule has 1 rings (SSSR count). The van der Waals surface area contributed by atoms with Gasteiger partial charge in [-0.3, -0.25) is 0 Å². The van der Waals surface area contributed by atoms with Crippen LogP contribution < -0.4 is 4.74 Å². The lowest BCUT2D eigenvalue weighted by Gasteiger charge is -2.15. The Kier molecular flexibility index (Phi) is 4.63. The molecule has 84 valence electrons. The fourth-order valence-corrected chi connectivity index (χ4v) is 1.42. The van der Waals surface area contributed by atoms with Crippen molar-refractivity contribution in [2.24, 2.45) is 0 Å². The summed E-state index contributed by atoms with van der Waals surface area (Å²) < 4.78 is 5.69. The minimum absolute atomic E-state index is 0.0670. The van der Waals surface area contributed by atoms with Gasteiger partial charge in [0.15, 0.2) is 0 Å². The van der Waals surface area contributed by atoms with Gasteiger partial charge in [0.05, 0.1) is 6.10 Å². The van der Waals surface area contributed by atoms with E-state index in [0.29, 0.717) is 12.3 Å². The Morgan fingerprint density at radius 2 is 2.00 bits per heavy atom. The molecule has 0 heterocycles. The van der Waals surface area contributed by atoms with Gasteiger partial charge in [-0.15, -0.1) is 0 Å². The van der Waals surface area contributed by atoms with Gasteiger partial charge in [0.2, 0.25) is 0 Å². The fraction of sp³-hybridized carbons (Fsp3) is 0.538. The average Bonchev–Trinajstić information content (AvgIpc) is 2.18. The van der Waals surface area contributed by atoms with Crippen LogP contribution in [0.2, 0.25) is 0 Å². The van der Waals surface area contributed by atoms with Crippen molar-refractivity contribution in [3.8, 4) is 5.75 Å². The van der Waals surface area contributed by atoms with Crippen LogP contribution in [0.3, 0.4) is 0 Å². The van der Waals surface area contributed by atoms with Gasteiger partial charge in [-0.2, -0.15) is 0 Å². The standard InChI is InChI=1S/C13H20O2/c1-10(2)12-5-4-6-13(9-12)15-11(3)7-8-14/h4-6,9-11,14H,7-8H2,1-3H3. The number of rotatable bonds is 5. The zero-order valence-corrected chi connectivity index (χ0v) is 9.73. The normalized spacial score (nSPS) is 12.9. The molecular weight excluding hydrogens is 188 g/mol. The molecule has 0 radical (unpaired) electrons. The summed E-state index contributed by atoms with van der Waals surface area (Å²) in [7, 11) is 0. The molecule has 0 aliphatic rings. The first-order valence-corrected chi connectivity index (χ1v) is 5.51. The Labute approximate surface area is 91.9 Å². The molecule has 15 heavy (non-hydrogen) atoms. The number of hydrogen-bond donors (Lipinski definition) is 1. The van der Waals surface area contributed by atoms with Gasteiger partial charge in [0.1, 0.15) is 5.75 Å². The Morgan fingerprint density at radius 1 is 1.27 bits per heavy atom. The van der Waals surface area contributed by atoms with E-state index in [1.165, 1.54) is 5.56 Å². The minimum Gasteiger partial charge on any atom is -0.491 e. The second kappa shape index (κ2) is 5.76. The molecular formula is C13H20O2. The van der Waals surface area contributed by atoms with Gasteiger partial charge >= 0.3 is 0 Å². The Balaban J connectivity index is 2.65. The van der Waals surface area contributed by atoms with E-state index in [1.54, 1.807) is 0 Å². The van der Waals surface area contributed by atoms with Crippen LogP contribution >= 0.6 is 0 Å². The molecule has 0 aliphatic heterocycles. The topological polar surface area (TPSA) is 29.5 Å². The van der Waals surface area contributed by atoms with Gasteiger partial charge < -0.3 is 9.84 Å². The number of aliphatic hydroxyl groups excluding tert-OH is 1. The van der Waals surface area contributed by atoms with Crippen LogP contribution in [0.15, 0.2) is 24.3 Å². The van der Waals surface area contributed by atoms with Gasteiger partial charge in [-0.1, -0.05) is 26.0 Å². The smallest absolute Gasteiger partial charge is 0.119 e. The first-order valence-electron chi connectivity index (χ1n) is 5.51. The molecule has 0 amide bonds. The van der Waals surface area contributed by atoms with Gasteiger partial charge in [0, 0.05) is 13.0 Å². The summed E-state index contributed by atoms with van der Waals surface area (Å²) in [6.07, 6.45) is 0.740. The molecule has 0 aliphatic carbocycles. The summed E-state index contributed by atoms with van der Waals surface area (Å²) in [5.41, 5.74) is 1.28. The van der Waals surface area contributed by atoms with Crippen molar-refractivity contribution < 1.29 is 9.84 Å². The lowest BCUT2D eigenvalue weighted by molar-refractivity contribution is 0.168. The van der Waals surface area contributed by atoms with E-state index in [2.05, 4.69) is 26.0 Å². The SMILES string of the molecule is CC(CCO)Oc1cccc(C(C)C)c1. The van der Waals surface area contributed by atoms with Crippen LogP contribution in [0, 0.1) is 0 Å². The highest BCUT2D eigenvalue weighted by atomic mass is 16.5. The van der Waals surface area contributed by atoms with Crippen LogP contribution in [0.25, 0.3) is 0 Å². The van der Waals surface area contributed by atoms with Crippen molar-refractivity contribution in [3.63, 3.8) is 0 Å². The Morgan fingerprint density at radius 3 is 2.60 bits per heavy atom. The molecule has 0 aromatic heterocycles. The first kappa shape index (κ1) is 12.1. The quantitative estimate of drug-likeness (QED) is 0.806. The summed E-state index contributed by atoms with van der Waals surface area (Å²) in [5, 5.41) is 8.78. The molecule has 1 aromatic carbocycles. The number of aliphatic hydroxyl groups is 1. The van der Waals surface area contributed by atoms with Gasteiger partial charge in [0.25, 0.3) is 0 Å². The van der Waals surface area contributed by atoms with Crippen LogP contribution in [0.4, 0.5) is 0 Å². The highest BCUT2D eigenvalue weighted by molar-refractivity contribution is 5.30. The first-order chi connectivity index (χ1) is 7.13. The maximum atomic E-state index is 8.78. The Hall–Kier alpha value is -1.02. The lowest BCUT2D eigenvalue weighted by atomic mass is 10.0. The van der Waals surface area contributed by atoms with Crippen molar-refractivity contribution in [2.75, 3.05) is 6.61 Å². The van der Waals surface area contributed by atoms with Crippen LogP contribution in [0.5, 0.6) is 5.75 Å². The molecule has 0 saturated carbocycles. The molecule has 1 unspecified atom stereocenters. The van der Waals surface area contributed by atoms with E-state index in [-0.39, 0.29) is 12.7 Å². The van der Waals surface area contributed by atoms with E-state index in [4.69, 9.17) is 9.84 Å². The molecule has 0 bridgehead atoms. The van der Waals surface area contributed by atoms with E-state index >= 15 is 0 Å². The fourth-order valence-electron chi connectivity index (χ4n) is 1.42. The number of hydrogen-bond acceptors (Lipinski definition) is 2. The molecule has 0 fully saturated rings. The minimum atomic E-state index is 0.0670. The molecule has 0 saturated heterocycles. The summed E-state index contributed by atoms with van der Waals surface area (Å²) >= 11 is 0. The zero-order chi connectivity index (χ0) is 11.3. The molecule has 0 spiro atoms. The molecule has 2 nitrogen and oxygen atoms in total. The summed E-state index contributed by atoms with van der Waals surface area (Å²) in [4.78, 5) is 0. The molecule has 2 heteroatoms. The maximum absolute atomic E-state index is 8.78. The highest BCUT2D eigenvalue weighted by Crippen LogP contribution is 2.21. The van der Waals surface area contributed by atoms with Crippen LogP contribution in [0.1, 0.15) is 38.7 Å². The monoisotopic (exact) mass is 208 g/mol. The van der Waals surface area contributed by atoms with Crippen LogP contribution in [-0.2, 0) is 0 Å². The third-order valence-corrected chi connectivity index (χ3v) is 2.40. The highest BCUT2D eigenvalue weighted by Gasteiger charge is 2.05. The van der Waals surface area contributed by atoms with E-state index < -0.39 is 0 Å². The maximum Gasteiger partial charge on any atom is 0.119 e. The Bertz CT molecular complexity index is 294. The van der Waals surface area contributed by atoms with Gasteiger partial charge in [-0.05, 0) is 30.5 Å². The van der Waals surface area contributed by atoms with Gasteiger partial charge in [-0.25, -0.2) is 0 Å². The molecule has 1 atom stereocenters. The lowest BCUT2D eigenvalue weighted by Crippen LogP contribution is -2.13. The second-order valence-corrected chi connectivity index (χ2v) is 4.17. The van der Waals surface area contributed by atoms with Crippen LogP contribution in [-0.4, -0.2) is 17.8 Å². The number of benzene rings is 1. The van der Waals surface area contributed by atoms with Crippen molar-refractivity contribution in [3.05, 3.63) is 29.8 Å². The second-order valence-electron chi connectivity index (χ2n) is 4.17. The average molecular weight is 208 g/mol. The largest absolute Gasteiger partial charge is 0.491 e. The van der Waals surface area contributed by atoms with Crippen molar-refractivity contribution in [2.45, 2.75) is 39.2 Å². The molecule has 1 N–H and O–H groups in total. The van der Waals surface area contributed by atoms with Crippen molar-refractivity contribution in [1.29, 1.82) is 0 Å². The van der Waals surface area contributed by atoms with Crippen molar-refractivity contribution in [1.82, 2.24) is 0 Å². The number of ether oxygens (including phenoxy) is 1. The predicted molar refractivity (Wildman–Crippen MR) is 62.3 cm³/mol. The molecule has 1 aromatic rings. The summed E-state index contributed by atoms with van der Waals surface area (Å²) in [6.45, 7) is 6.47. The van der Waals surface area contributed by atoms with E-state index in [1.807, 2.05) is 19.1 Å². The van der Waals surface area contributed by atoms with E-state index in [0.717, 1.165) is 5.75 Å². The van der Waals surface area contributed by atoms with Crippen molar-refractivity contribution >= 4 is 0 Å². The summed E-state index contributed by atoms with van der Waals surface area (Å²) in [6, 6.07) is 8.14.